The van der Waals surface area contributed by atoms with Gasteiger partial charge in [0.25, 0.3) is 0 Å². The van der Waals surface area contributed by atoms with Gasteiger partial charge in [-0.1, -0.05) is 18.2 Å². The van der Waals surface area contributed by atoms with Crippen LogP contribution in [0, 0.1) is 0 Å². The second-order valence-corrected chi connectivity index (χ2v) is 8.93. The van der Waals surface area contributed by atoms with Crippen molar-refractivity contribution in [2.75, 3.05) is 83.0 Å². The quantitative estimate of drug-likeness (QED) is 0.698. The smallest absolute Gasteiger partial charge is 0.227 e. The van der Waals surface area contributed by atoms with E-state index in [2.05, 4.69) is 38.8 Å². The number of fused-ring (bicyclic) bond motifs is 1. The molecule has 2 saturated heterocycles. The van der Waals surface area contributed by atoms with E-state index in [-0.39, 0.29) is 0 Å². The molecule has 0 spiro atoms. The Labute approximate surface area is 190 Å². The molecular weight excluding hydrogens is 404 g/mol. The minimum absolute atomic E-state index is 0.757. The first kappa shape index (κ1) is 21.4. The van der Waals surface area contributed by atoms with E-state index in [0.717, 1.165) is 96.1 Å². The van der Waals surface area contributed by atoms with Gasteiger partial charge in [-0.15, -0.1) is 0 Å². The number of rotatable bonds is 5. The molecule has 4 heterocycles. The van der Waals surface area contributed by atoms with Gasteiger partial charge in [-0.2, -0.15) is 4.98 Å². The fourth-order valence-corrected chi connectivity index (χ4v) is 4.83. The number of hydrogen-bond acceptors (Lipinski definition) is 8. The highest BCUT2D eigenvalue weighted by Crippen LogP contribution is 2.31. The van der Waals surface area contributed by atoms with Gasteiger partial charge in [0.1, 0.15) is 11.6 Å². The molecule has 0 amide bonds. The molecule has 0 atom stereocenters. The molecule has 1 aromatic heterocycles. The van der Waals surface area contributed by atoms with Crippen molar-refractivity contribution in [3.63, 3.8) is 0 Å². The highest BCUT2D eigenvalue weighted by atomic mass is 16.5. The molecule has 0 saturated carbocycles. The van der Waals surface area contributed by atoms with Gasteiger partial charge in [-0.25, -0.2) is 4.98 Å². The third-order valence-electron chi connectivity index (χ3n) is 6.79. The number of likely N-dealkylation sites (N-methyl/N-ethyl adjacent to an activating group) is 1. The Balaban J connectivity index is 1.43. The van der Waals surface area contributed by atoms with Crippen molar-refractivity contribution in [1.82, 2.24) is 19.8 Å². The lowest BCUT2D eigenvalue weighted by Crippen LogP contribution is -2.46. The van der Waals surface area contributed by atoms with Gasteiger partial charge < -0.3 is 24.2 Å². The number of methoxy groups -OCH3 is 1. The first-order valence-corrected chi connectivity index (χ1v) is 11.7. The molecule has 5 rings (SSSR count). The van der Waals surface area contributed by atoms with Crippen molar-refractivity contribution in [3.05, 3.63) is 41.1 Å². The van der Waals surface area contributed by atoms with E-state index >= 15 is 0 Å². The summed E-state index contributed by atoms with van der Waals surface area (Å²) in [6.07, 6.45) is 0.949. The summed E-state index contributed by atoms with van der Waals surface area (Å²) in [5, 5.41) is 0. The molecule has 3 aliphatic heterocycles. The van der Waals surface area contributed by atoms with E-state index in [9.17, 15) is 0 Å². The SMILES string of the molecule is COc1ccccc1CN1CCc2nc(N3CCN(C)CC3)nc(N3CCOCC3)c2C1. The molecule has 1 aromatic carbocycles. The van der Waals surface area contributed by atoms with Gasteiger partial charge in [-0.3, -0.25) is 4.90 Å². The van der Waals surface area contributed by atoms with Gasteiger partial charge in [0.2, 0.25) is 5.95 Å². The summed E-state index contributed by atoms with van der Waals surface area (Å²) in [6, 6.07) is 8.31. The van der Waals surface area contributed by atoms with Crippen molar-refractivity contribution in [1.29, 1.82) is 0 Å². The molecule has 2 fully saturated rings. The monoisotopic (exact) mass is 438 g/mol. The van der Waals surface area contributed by atoms with Crippen molar-refractivity contribution in [2.24, 2.45) is 0 Å². The summed E-state index contributed by atoms with van der Waals surface area (Å²) in [5.74, 6) is 2.96. The van der Waals surface area contributed by atoms with Crippen LogP contribution in [-0.4, -0.2) is 93.0 Å². The summed E-state index contributed by atoms with van der Waals surface area (Å²) in [7, 11) is 3.93. The lowest BCUT2D eigenvalue weighted by atomic mass is 10.0. The molecule has 0 N–H and O–H groups in total. The number of nitrogens with zero attached hydrogens (tertiary/aromatic N) is 6. The second-order valence-electron chi connectivity index (χ2n) is 8.93. The van der Waals surface area contributed by atoms with Crippen LogP contribution in [0.5, 0.6) is 5.75 Å². The fourth-order valence-electron chi connectivity index (χ4n) is 4.83. The van der Waals surface area contributed by atoms with Crippen molar-refractivity contribution in [3.8, 4) is 5.75 Å². The fraction of sp³-hybridized carbons (Fsp3) is 0.583. The topological polar surface area (TPSA) is 57.2 Å². The van der Waals surface area contributed by atoms with Crippen LogP contribution in [0.1, 0.15) is 16.8 Å². The van der Waals surface area contributed by atoms with Crippen LogP contribution in [0.3, 0.4) is 0 Å². The van der Waals surface area contributed by atoms with Crippen LogP contribution in [0.4, 0.5) is 11.8 Å². The highest BCUT2D eigenvalue weighted by Gasteiger charge is 2.28. The summed E-state index contributed by atoms with van der Waals surface area (Å²) in [4.78, 5) is 19.8. The molecule has 32 heavy (non-hydrogen) atoms. The Hall–Kier alpha value is -2.42. The van der Waals surface area contributed by atoms with Crippen molar-refractivity contribution in [2.45, 2.75) is 19.5 Å². The molecule has 0 bridgehead atoms. The zero-order valence-electron chi connectivity index (χ0n) is 19.3. The van der Waals surface area contributed by atoms with Gasteiger partial charge in [0.05, 0.1) is 26.0 Å². The van der Waals surface area contributed by atoms with E-state index in [0.29, 0.717) is 0 Å². The summed E-state index contributed by atoms with van der Waals surface area (Å²) in [6.45, 7) is 10.1. The Kier molecular flexibility index (Phi) is 6.43. The lowest BCUT2D eigenvalue weighted by Gasteiger charge is -2.37. The average molecular weight is 439 g/mol. The third-order valence-corrected chi connectivity index (χ3v) is 6.79. The highest BCUT2D eigenvalue weighted by molar-refractivity contribution is 5.54. The molecule has 172 valence electrons. The summed E-state index contributed by atoms with van der Waals surface area (Å²) in [5.41, 5.74) is 3.72. The average Bonchev–Trinajstić information content (AvgIpc) is 2.85. The van der Waals surface area contributed by atoms with Crippen molar-refractivity contribution >= 4 is 11.8 Å². The molecule has 2 aromatic rings. The molecule has 3 aliphatic rings. The Morgan fingerprint density at radius 2 is 1.72 bits per heavy atom. The van der Waals surface area contributed by atoms with Crippen LogP contribution in [0.25, 0.3) is 0 Å². The number of aromatic nitrogens is 2. The molecule has 0 aliphatic carbocycles. The van der Waals surface area contributed by atoms with Crippen LogP contribution in [-0.2, 0) is 24.2 Å². The summed E-state index contributed by atoms with van der Waals surface area (Å²) >= 11 is 0. The number of para-hydroxylation sites is 1. The standard InChI is InChI=1S/C24H34N6O2/c1-27-9-11-30(12-10-27)24-25-21-7-8-28(17-19-5-3-4-6-22(19)31-2)18-20(21)23(26-24)29-13-15-32-16-14-29/h3-6H,7-18H2,1-2H3. The predicted octanol–water partition coefficient (Wildman–Crippen LogP) is 1.63. The van der Waals surface area contributed by atoms with E-state index < -0.39 is 0 Å². The van der Waals surface area contributed by atoms with Gasteiger partial charge in [0, 0.05) is 76.5 Å². The number of piperazine rings is 1. The van der Waals surface area contributed by atoms with Crippen LogP contribution in [0.2, 0.25) is 0 Å². The Morgan fingerprint density at radius 1 is 0.938 bits per heavy atom. The first-order valence-electron chi connectivity index (χ1n) is 11.7. The van der Waals surface area contributed by atoms with Gasteiger partial charge >= 0.3 is 0 Å². The normalized spacial score (nSPS) is 20.3. The van der Waals surface area contributed by atoms with E-state index in [1.54, 1.807) is 7.11 Å². The zero-order valence-corrected chi connectivity index (χ0v) is 19.3. The third kappa shape index (κ3) is 4.53. The largest absolute Gasteiger partial charge is 0.496 e. The Bertz CT molecular complexity index is 925. The minimum atomic E-state index is 0.757. The van der Waals surface area contributed by atoms with Crippen LogP contribution < -0.4 is 14.5 Å². The van der Waals surface area contributed by atoms with E-state index in [4.69, 9.17) is 19.4 Å². The summed E-state index contributed by atoms with van der Waals surface area (Å²) < 4.78 is 11.2. The molecular formula is C24H34N6O2. The first-order chi connectivity index (χ1) is 15.7. The zero-order chi connectivity index (χ0) is 21.9. The predicted molar refractivity (Wildman–Crippen MR) is 126 cm³/mol. The van der Waals surface area contributed by atoms with E-state index in [1.165, 1.54) is 16.8 Å². The number of benzene rings is 1. The molecule has 8 nitrogen and oxygen atoms in total. The maximum absolute atomic E-state index is 5.62. The van der Waals surface area contributed by atoms with Crippen molar-refractivity contribution < 1.29 is 9.47 Å². The van der Waals surface area contributed by atoms with E-state index in [1.807, 2.05) is 12.1 Å². The maximum atomic E-state index is 5.62. The molecule has 0 radical (unpaired) electrons. The number of ether oxygens (including phenoxy) is 2. The maximum Gasteiger partial charge on any atom is 0.227 e. The number of hydrogen-bond donors (Lipinski definition) is 0. The lowest BCUT2D eigenvalue weighted by molar-refractivity contribution is 0.122. The number of anilines is 2. The van der Waals surface area contributed by atoms with Crippen LogP contribution >= 0.6 is 0 Å². The minimum Gasteiger partial charge on any atom is -0.496 e. The number of morpholine rings is 1. The Morgan fingerprint density at radius 3 is 2.50 bits per heavy atom. The van der Waals surface area contributed by atoms with Crippen LogP contribution in [0.15, 0.2) is 24.3 Å². The molecule has 0 unspecified atom stereocenters. The van der Waals surface area contributed by atoms with Gasteiger partial charge in [0.15, 0.2) is 0 Å². The van der Waals surface area contributed by atoms with Gasteiger partial charge in [-0.05, 0) is 13.1 Å². The molecule has 8 heteroatoms. The second kappa shape index (κ2) is 9.60.